The first-order valence-corrected chi connectivity index (χ1v) is 0. The summed E-state index contributed by atoms with van der Waals surface area (Å²) in [7, 11) is 0. The van der Waals surface area contributed by atoms with Crippen LogP contribution in [0.4, 0.5) is 0 Å². The van der Waals surface area contributed by atoms with Crippen LogP contribution >= 0.6 is 0 Å². The summed E-state index contributed by atoms with van der Waals surface area (Å²) in [6, 6.07) is 0. The Morgan fingerprint density at radius 3 is 0.375 bits per heavy atom. The van der Waals surface area contributed by atoms with E-state index in [1.807, 2.05) is 0 Å². The van der Waals surface area contributed by atoms with E-state index in [9.17, 15) is 0 Å². The minimum absolute atomic E-state index is 3.75. The van der Waals surface area contributed by atoms with Crippen molar-refractivity contribution in [1.29, 1.82) is 0 Å². The maximum atomic E-state index is 5.25. The molecule has 0 aromatic carbocycles. The second-order valence-corrected chi connectivity index (χ2v) is 0. The molecule has 64 valence electrons. The fourth-order valence-electron chi connectivity index (χ4n) is 0. The molecular formula is H24N8. The van der Waals surface area contributed by atoms with E-state index >= 15 is 0 Å². The number of hydrogen-bond donors (Lipinski definition) is 8. The average molecular weight is 144 g/mol. The van der Waals surface area contributed by atoms with E-state index < -0.39 is 0 Å². The minimum Gasteiger partial charge on any atom is -0.344 e. The molecule has 0 spiro atoms. The summed E-state index contributed by atoms with van der Waals surface area (Å²) in [5.74, 6) is 0. The van der Waals surface area contributed by atoms with Crippen molar-refractivity contribution in [3.63, 3.8) is 0 Å². The largest absolute Gasteiger partial charge is 0.344 e. The maximum absolute atomic E-state index is 5.25. The zero-order valence-electron chi connectivity index (χ0n) is 12.6. The molecule has 0 unspecified atom stereocenters. The van der Waals surface area contributed by atoms with Gasteiger partial charge in [-0.05, 0) is 0 Å². The van der Waals surface area contributed by atoms with Gasteiger partial charge < -0.3 is 49.1 Å². The van der Waals surface area contributed by atoms with Gasteiger partial charge in [0.25, 0.3) is 0 Å². The molecule has 0 saturated carbocycles. The van der Waals surface area contributed by atoms with Crippen molar-refractivity contribution in [3.05, 3.63) is 0 Å². The van der Waals surface area contributed by atoms with Crippen molar-refractivity contribution < 1.29 is 11.3 Å². The van der Waals surface area contributed by atoms with Crippen LogP contribution < -0.4 is 49.1 Å². The molecule has 24 N–H and O–H groups in total. The summed E-state index contributed by atoms with van der Waals surface area (Å²) < 4.78 is 42.0. The first-order chi connectivity index (χ1) is 8.00. The highest BCUT2D eigenvalue weighted by Gasteiger charge is -0.337. The summed E-state index contributed by atoms with van der Waals surface area (Å²) in [6.07, 6.45) is 30.0. The minimum atomic E-state index is 3.75. The molecule has 8 heteroatoms. The van der Waals surface area contributed by atoms with Crippen molar-refractivity contribution in [2.75, 3.05) is 0 Å². The van der Waals surface area contributed by atoms with Crippen LogP contribution in [0.15, 0.2) is 0 Å². The van der Waals surface area contributed by atoms with Crippen molar-refractivity contribution in [3.8, 4) is 0 Å². The Hall–Kier alpha value is -0.320. The lowest BCUT2D eigenvalue weighted by atomic mass is 14.0. The zero-order valence-corrected chi connectivity index (χ0v) is 4.62. The molecule has 0 radical (unpaired) electrons. The van der Waals surface area contributed by atoms with Crippen LogP contribution in [0.2, 0.25) is 11.3 Å². The molecular weight excluding hydrogens is 112 g/mol. The summed E-state index contributed by atoms with van der Waals surface area (Å²) in [5.41, 5.74) is 0. The normalized spacial score (nSPS) is 7.00. The molecule has 8 heavy (non-hydrogen) atoms. The zero-order chi connectivity index (χ0) is 16.0. The third kappa shape index (κ3) is 1210. The summed E-state index contributed by atoms with van der Waals surface area (Å²) >= 11 is 0. The fourth-order valence-corrected chi connectivity index (χ4v) is 0. The van der Waals surface area contributed by atoms with E-state index in [-0.39, 0.29) is 0 Å². The molecule has 0 aromatic heterocycles. The van der Waals surface area contributed by atoms with E-state index in [2.05, 4.69) is 49.1 Å². The van der Waals surface area contributed by atoms with Crippen molar-refractivity contribution in [2.45, 2.75) is 0 Å². The van der Waals surface area contributed by atoms with Gasteiger partial charge in [-0.25, -0.2) is 0 Å². The van der Waals surface area contributed by atoms with Gasteiger partial charge in [0, 0.05) is 0 Å². The molecule has 0 rings (SSSR count). The highest BCUT2D eigenvalue weighted by atomic mass is 14.0. The molecule has 0 fully saturated rings. The molecule has 0 atom stereocenters. The quantitative estimate of drug-likeness (QED) is 0.244. The Balaban J connectivity index is -0.00000000762. The monoisotopic (exact) mass is 144 g/mol. The lowest BCUT2D eigenvalue weighted by Crippen LogP contribution is -0.482. The summed E-state index contributed by atoms with van der Waals surface area (Å²) in [6.45, 7) is 0. The molecule has 0 saturated heterocycles. The van der Waals surface area contributed by atoms with Crippen LogP contribution in [0.1, 0.15) is 0 Å². The number of hydrogen-bond acceptors (Lipinski definition) is 8. The third-order valence-corrected chi connectivity index (χ3v) is 0. The predicted molar refractivity (Wildman–Crippen MR) is 40.2 cm³/mol. The first kappa shape index (κ1) is 5.81. The standard InChI is InChI=1S/8H3N/h8*1H3/i/hD8. The van der Waals surface area contributed by atoms with Gasteiger partial charge in [-0.15, -0.1) is 0 Å². The third-order valence-electron chi connectivity index (χ3n) is 0. The second-order valence-electron chi connectivity index (χ2n) is 0. The molecule has 0 aliphatic rings. The van der Waals surface area contributed by atoms with Crippen LogP contribution in [0, 0.1) is 0 Å². The Labute approximate surface area is 62.2 Å². The lowest BCUT2D eigenvalue weighted by molar-refractivity contribution is 2.13. The van der Waals surface area contributed by atoms with Gasteiger partial charge >= 0.3 is 0 Å². The van der Waals surface area contributed by atoms with E-state index in [1.54, 1.807) is 0 Å². The van der Waals surface area contributed by atoms with Crippen LogP contribution in [-0.2, 0) is 0 Å². The topological polar surface area (TPSA) is 280 Å². The second kappa shape index (κ2) is 2100. The molecule has 0 bridgehead atoms. The Kier molecular flexibility index (Phi) is 1530. The van der Waals surface area contributed by atoms with Gasteiger partial charge in [-0.1, -0.05) is 0 Å². The highest BCUT2D eigenvalue weighted by molar-refractivity contribution is 2.14. The van der Waals surface area contributed by atoms with Crippen molar-refractivity contribution >= 4 is 0 Å². The number of rotatable bonds is 0. The van der Waals surface area contributed by atoms with E-state index in [1.165, 1.54) is 0 Å². The molecule has 8 nitrogen and oxygen atoms in total. The van der Waals surface area contributed by atoms with E-state index in [0.717, 1.165) is 0 Å². The van der Waals surface area contributed by atoms with Gasteiger partial charge in [-0.2, -0.15) is 0 Å². The molecule has 0 amide bonds. The summed E-state index contributed by atoms with van der Waals surface area (Å²) in [4.78, 5) is 0. The Morgan fingerprint density at radius 1 is 0.375 bits per heavy atom. The van der Waals surface area contributed by atoms with Crippen LogP contribution in [-0.4, -0.2) is 0 Å². The predicted octanol–water partition coefficient (Wildman–Crippen LogP) is 1.30. The summed E-state index contributed by atoms with van der Waals surface area (Å²) in [5, 5.41) is 0. The van der Waals surface area contributed by atoms with Gasteiger partial charge in [0.05, 0.1) is 0 Å². The van der Waals surface area contributed by atoms with Crippen molar-refractivity contribution in [1.82, 2.24) is 49.1 Å². The van der Waals surface area contributed by atoms with Gasteiger partial charge in [0.15, 0.2) is 0 Å². The first-order valence-electron chi connectivity index (χ1n) is 4.62. The van der Waals surface area contributed by atoms with E-state index in [0.29, 0.717) is 0 Å². The van der Waals surface area contributed by atoms with Gasteiger partial charge in [0.1, 0.15) is 11.3 Å². The molecule has 0 aromatic rings. The van der Waals surface area contributed by atoms with Gasteiger partial charge in [-0.3, -0.25) is 0 Å². The van der Waals surface area contributed by atoms with Crippen LogP contribution in [0.5, 0.6) is 0 Å². The SMILES string of the molecule is [2H]N.[2H]N.[2H]N.[2H]N.[2H]N.[2H]N.[2H]N.[2H]N. The van der Waals surface area contributed by atoms with E-state index in [4.69, 9.17) is 11.3 Å². The molecule has 0 aliphatic carbocycles. The Bertz CT molecular complexity index is 16.0. The highest BCUT2D eigenvalue weighted by Crippen LogP contribution is -0.474. The van der Waals surface area contributed by atoms with Crippen molar-refractivity contribution in [2.24, 2.45) is 0 Å². The smallest absolute Gasteiger partial charge is 0.115 e. The average Bonchev–Trinajstić information content (AvgIpc) is 2.54. The fraction of sp³-hybridized carbons (Fsp3) is 0. The van der Waals surface area contributed by atoms with Crippen LogP contribution in [0.25, 0.3) is 0 Å². The Morgan fingerprint density at radius 2 is 0.375 bits per heavy atom. The van der Waals surface area contributed by atoms with Gasteiger partial charge in [0.2, 0.25) is 0 Å². The molecule has 0 aliphatic heterocycles. The lowest BCUT2D eigenvalue weighted by Gasteiger charge is -0.345. The molecule has 0 heterocycles. The van der Waals surface area contributed by atoms with Crippen LogP contribution in [0.3, 0.4) is 0 Å². The maximum Gasteiger partial charge on any atom is 0.115 e.